The molecular formula is C23H24O6. The molecule has 1 atom stereocenters. The molecule has 0 aliphatic rings. The molecule has 2 aromatic carbocycles. The number of benzene rings is 2. The summed E-state index contributed by atoms with van der Waals surface area (Å²) < 4.78 is 21.8. The van der Waals surface area contributed by atoms with Gasteiger partial charge >= 0.3 is 5.97 Å². The van der Waals surface area contributed by atoms with E-state index >= 15 is 0 Å². The quantitative estimate of drug-likeness (QED) is 0.506. The van der Waals surface area contributed by atoms with Crippen LogP contribution in [-0.2, 0) is 16.0 Å². The van der Waals surface area contributed by atoms with Gasteiger partial charge in [-0.2, -0.15) is 0 Å². The lowest BCUT2D eigenvalue weighted by Crippen LogP contribution is -2.20. The number of hydrogen-bond donors (Lipinski definition) is 0. The van der Waals surface area contributed by atoms with E-state index in [4.69, 9.17) is 18.6 Å². The number of fused-ring (bicyclic) bond motifs is 1. The van der Waals surface area contributed by atoms with E-state index in [0.29, 0.717) is 22.5 Å². The number of hydrogen-bond acceptors (Lipinski definition) is 6. The van der Waals surface area contributed by atoms with Crippen molar-refractivity contribution in [3.8, 4) is 17.2 Å². The van der Waals surface area contributed by atoms with Gasteiger partial charge in [-0.25, -0.2) is 4.79 Å². The normalized spacial score (nSPS) is 11.8. The van der Waals surface area contributed by atoms with E-state index in [1.54, 1.807) is 18.2 Å². The molecule has 0 bridgehead atoms. The first-order chi connectivity index (χ1) is 14.0. The Balaban J connectivity index is 1.73. The van der Waals surface area contributed by atoms with Crippen LogP contribution in [-0.4, -0.2) is 18.7 Å². The fourth-order valence-corrected chi connectivity index (χ4v) is 2.66. The molecule has 0 N–H and O–H groups in total. The maximum Gasteiger partial charge on any atom is 0.344 e. The molecule has 0 spiro atoms. The van der Waals surface area contributed by atoms with E-state index in [1.165, 1.54) is 11.8 Å². The molecule has 0 unspecified atom stereocenters. The second-order valence-corrected chi connectivity index (χ2v) is 6.68. The van der Waals surface area contributed by atoms with Crippen LogP contribution in [0.15, 0.2) is 57.9 Å². The van der Waals surface area contributed by atoms with Gasteiger partial charge in [0.05, 0.1) is 11.5 Å². The molecule has 1 heterocycles. The molecule has 0 aliphatic heterocycles. The first-order valence-corrected chi connectivity index (χ1v) is 9.64. The molecule has 152 valence electrons. The maximum absolute atomic E-state index is 12.7. The van der Waals surface area contributed by atoms with E-state index in [1.807, 2.05) is 38.1 Å². The number of carbonyl (C=O) groups excluding carboxylic acids is 1. The monoisotopic (exact) mass is 396 g/mol. The van der Waals surface area contributed by atoms with Gasteiger partial charge in [-0.3, -0.25) is 4.79 Å². The molecule has 6 heteroatoms. The van der Waals surface area contributed by atoms with Crippen molar-refractivity contribution in [2.24, 2.45) is 0 Å². The van der Waals surface area contributed by atoms with Crippen LogP contribution in [0.25, 0.3) is 11.0 Å². The van der Waals surface area contributed by atoms with Crippen LogP contribution in [0.4, 0.5) is 0 Å². The molecule has 0 amide bonds. The Labute approximate surface area is 169 Å². The standard InChI is InChI=1S/C23H24O6/c1-4-15(3)28-22(24)14-26-18-10-11-19-20(12-18)27-13-21(23(19)25)29-17-8-6-16(5-2)7-9-17/h6-13,15H,4-5,14H2,1-3H3/t15-/m1/s1. The van der Waals surface area contributed by atoms with E-state index in [2.05, 4.69) is 6.92 Å². The average Bonchev–Trinajstić information content (AvgIpc) is 2.74. The lowest BCUT2D eigenvalue weighted by molar-refractivity contribution is -0.150. The van der Waals surface area contributed by atoms with E-state index in [0.717, 1.165) is 12.8 Å². The minimum atomic E-state index is -0.446. The summed E-state index contributed by atoms with van der Waals surface area (Å²) >= 11 is 0. The van der Waals surface area contributed by atoms with Gasteiger partial charge < -0.3 is 18.6 Å². The number of ether oxygens (including phenoxy) is 3. The van der Waals surface area contributed by atoms with Gasteiger partial charge in [0.2, 0.25) is 11.2 Å². The second kappa shape index (κ2) is 9.28. The minimum Gasteiger partial charge on any atom is -0.482 e. The molecule has 0 saturated carbocycles. The van der Waals surface area contributed by atoms with Crippen LogP contribution in [0.3, 0.4) is 0 Å². The van der Waals surface area contributed by atoms with Gasteiger partial charge in [0.1, 0.15) is 23.3 Å². The van der Waals surface area contributed by atoms with Crippen LogP contribution in [0, 0.1) is 0 Å². The van der Waals surface area contributed by atoms with Crippen molar-refractivity contribution in [3.05, 3.63) is 64.5 Å². The smallest absolute Gasteiger partial charge is 0.344 e. The minimum absolute atomic E-state index is 0.104. The predicted octanol–water partition coefficient (Wildman–Crippen LogP) is 4.87. The van der Waals surface area contributed by atoms with Crippen LogP contribution in [0.1, 0.15) is 32.8 Å². The zero-order chi connectivity index (χ0) is 20.8. The molecule has 0 fully saturated rings. The van der Waals surface area contributed by atoms with Crippen molar-refractivity contribution < 1.29 is 23.4 Å². The first-order valence-electron chi connectivity index (χ1n) is 9.64. The second-order valence-electron chi connectivity index (χ2n) is 6.68. The molecule has 6 nitrogen and oxygen atoms in total. The van der Waals surface area contributed by atoms with Crippen molar-refractivity contribution >= 4 is 16.9 Å². The predicted molar refractivity (Wildman–Crippen MR) is 110 cm³/mol. The summed E-state index contributed by atoms with van der Waals surface area (Å²) in [5.41, 5.74) is 1.24. The summed E-state index contributed by atoms with van der Waals surface area (Å²) in [6, 6.07) is 12.3. The van der Waals surface area contributed by atoms with Gasteiger partial charge in [-0.1, -0.05) is 26.0 Å². The summed E-state index contributed by atoms with van der Waals surface area (Å²) in [4.78, 5) is 24.4. The Morgan fingerprint density at radius 1 is 1.07 bits per heavy atom. The summed E-state index contributed by atoms with van der Waals surface area (Å²) in [6.45, 7) is 5.61. The summed E-state index contributed by atoms with van der Waals surface area (Å²) in [7, 11) is 0. The zero-order valence-corrected chi connectivity index (χ0v) is 16.8. The largest absolute Gasteiger partial charge is 0.482 e. The first kappa shape index (κ1) is 20.5. The molecular weight excluding hydrogens is 372 g/mol. The van der Waals surface area contributed by atoms with Crippen molar-refractivity contribution in [2.75, 3.05) is 6.61 Å². The highest BCUT2D eigenvalue weighted by Crippen LogP contribution is 2.24. The molecule has 3 rings (SSSR count). The van der Waals surface area contributed by atoms with Crippen LogP contribution in [0.5, 0.6) is 17.2 Å². The van der Waals surface area contributed by atoms with E-state index in [9.17, 15) is 9.59 Å². The summed E-state index contributed by atoms with van der Waals surface area (Å²) in [6.07, 6.45) is 2.79. The third-order valence-corrected chi connectivity index (χ3v) is 4.54. The highest BCUT2D eigenvalue weighted by atomic mass is 16.6. The van der Waals surface area contributed by atoms with Gasteiger partial charge in [0.25, 0.3) is 0 Å². The lowest BCUT2D eigenvalue weighted by atomic mass is 10.2. The van der Waals surface area contributed by atoms with Crippen LogP contribution in [0.2, 0.25) is 0 Å². The molecule has 1 aromatic heterocycles. The Kier molecular flexibility index (Phi) is 6.54. The van der Waals surface area contributed by atoms with Gasteiger partial charge in [0, 0.05) is 6.07 Å². The number of rotatable bonds is 8. The fourth-order valence-electron chi connectivity index (χ4n) is 2.66. The summed E-state index contributed by atoms with van der Waals surface area (Å²) in [5.74, 6) is 0.630. The van der Waals surface area contributed by atoms with Crippen LogP contribution < -0.4 is 14.9 Å². The van der Waals surface area contributed by atoms with E-state index in [-0.39, 0.29) is 23.9 Å². The Morgan fingerprint density at radius 2 is 1.79 bits per heavy atom. The Morgan fingerprint density at radius 3 is 2.48 bits per heavy atom. The Bertz CT molecular complexity index is 1040. The average molecular weight is 396 g/mol. The Hall–Kier alpha value is -3.28. The third kappa shape index (κ3) is 5.16. The van der Waals surface area contributed by atoms with Crippen molar-refractivity contribution in [1.82, 2.24) is 0 Å². The fraction of sp³-hybridized carbons (Fsp3) is 0.304. The molecule has 0 saturated heterocycles. The lowest BCUT2D eigenvalue weighted by Gasteiger charge is -2.11. The molecule has 0 aliphatic carbocycles. The molecule has 29 heavy (non-hydrogen) atoms. The van der Waals surface area contributed by atoms with E-state index < -0.39 is 5.97 Å². The van der Waals surface area contributed by atoms with Gasteiger partial charge in [-0.05, 0) is 49.6 Å². The highest BCUT2D eigenvalue weighted by molar-refractivity contribution is 5.79. The number of aryl methyl sites for hydroxylation is 1. The number of carbonyl (C=O) groups is 1. The van der Waals surface area contributed by atoms with Crippen molar-refractivity contribution in [3.63, 3.8) is 0 Å². The summed E-state index contributed by atoms with van der Waals surface area (Å²) in [5, 5.41) is 0.363. The molecule has 3 aromatic rings. The van der Waals surface area contributed by atoms with Gasteiger partial charge in [-0.15, -0.1) is 0 Å². The van der Waals surface area contributed by atoms with Crippen LogP contribution >= 0.6 is 0 Å². The maximum atomic E-state index is 12.7. The topological polar surface area (TPSA) is 75.0 Å². The van der Waals surface area contributed by atoms with Crippen molar-refractivity contribution in [1.29, 1.82) is 0 Å². The zero-order valence-electron chi connectivity index (χ0n) is 16.8. The van der Waals surface area contributed by atoms with Gasteiger partial charge in [0.15, 0.2) is 6.61 Å². The third-order valence-electron chi connectivity index (χ3n) is 4.54. The van der Waals surface area contributed by atoms with Crippen molar-refractivity contribution in [2.45, 2.75) is 39.7 Å². The molecule has 0 radical (unpaired) electrons. The SMILES string of the molecule is CCc1ccc(Oc2coc3cc(OCC(=O)O[C@H](C)CC)ccc3c2=O)cc1. The number of esters is 1. The highest BCUT2D eigenvalue weighted by Gasteiger charge is 2.12.